The summed E-state index contributed by atoms with van der Waals surface area (Å²) < 4.78 is 33.4. The van der Waals surface area contributed by atoms with E-state index in [-0.39, 0.29) is 12.8 Å². The van der Waals surface area contributed by atoms with E-state index in [2.05, 4.69) is 0 Å². The van der Waals surface area contributed by atoms with Crippen molar-refractivity contribution in [3.63, 3.8) is 0 Å². The van der Waals surface area contributed by atoms with E-state index in [9.17, 15) is 9.59 Å². The third-order valence-electron chi connectivity index (χ3n) is 6.80. The predicted molar refractivity (Wildman–Crippen MR) is 172 cm³/mol. The molecule has 10 heteroatoms. The maximum atomic E-state index is 12.5. The van der Waals surface area contributed by atoms with Crippen molar-refractivity contribution in [3.8, 4) is 23.0 Å². The van der Waals surface area contributed by atoms with Crippen LogP contribution < -0.4 is 30.4 Å². The molecule has 0 heterocycles. The number of hydrogen-bond acceptors (Lipinski definition) is 10. The van der Waals surface area contributed by atoms with E-state index in [1.54, 1.807) is 62.8 Å². The predicted octanol–water partition coefficient (Wildman–Crippen LogP) is 5.64. The van der Waals surface area contributed by atoms with E-state index < -0.39 is 36.6 Å². The molecule has 4 rings (SSSR count). The molecule has 4 aromatic rings. The zero-order chi connectivity index (χ0) is 32.7. The minimum atomic E-state index is -1.03. The van der Waals surface area contributed by atoms with Gasteiger partial charge in [0.05, 0.1) is 14.2 Å². The van der Waals surface area contributed by atoms with Crippen LogP contribution in [0.3, 0.4) is 0 Å². The van der Waals surface area contributed by atoms with Crippen molar-refractivity contribution in [3.05, 3.63) is 132 Å². The van der Waals surface area contributed by atoms with Gasteiger partial charge in [-0.05, 0) is 59.7 Å². The molecule has 4 N–H and O–H groups in total. The molecular weight excluding hydrogens is 588 g/mol. The number of esters is 2. The number of methoxy groups -OCH3 is 2. The van der Waals surface area contributed by atoms with Crippen LogP contribution in [0.5, 0.6) is 23.0 Å². The summed E-state index contributed by atoms with van der Waals surface area (Å²) in [5, 5.41) is 0. The Hall–Kier alpha value is -5.32. The molecule has 0 amide bonds. The second-order valence-corrected chi connectivity index (χ2v) is 10.1. The quantitative estimate of drug-likeness (QED) is 0.0912. The lowest BCUT2D eigenvalue weighted by Crippen LogP contribution is -2.31. The standard InChI is InChI=1S/C36H38N2O8/c1-41-27-13-17-29(18-14-27)43-31(25-9-5-3-6-10-25)23-33(37)45-35(39)21-22-36(40)46-34(38)24-32(26-11-7-4-8-12-26)44-30-19-15-28(42-2)16-20-30/h3-22,31-34H,23-24,37-38H2,1-2H3/b22-21-. The fourth-order valence-electron chi connectivity index (χ4n) is 4.51. The summed E-state index contributed by atoms with van der Waals surface area (Å²) in [5.74, 6) is 0.933. The molecule has 4 atom stereocenters. The lowest BCUT2D eigenvalue weighted by Gasteiger charge is -2.23. The number of hydrogen-bond donors (Lipinski definition) is 2. The summed E-state index contributed by atoms with van der Waals surface area (Å²) in [7, 11) is 3.17. The van der Waals surface area contributed by atoms with Crippen LogP contribution in [0.25, 0.3) is 0 Å². The van der Waals surface area contributed by atoms with E-state index >= 15 is 0 Å². The van der Waals surface area contributed by atoms with Gasteiger partial charge in [-0.3, -0.25) is 11.5 Å². The molecule has 0 aliphatic heterocycles. The second kappa shape index (κ2) is 17.2. The maximum absolute atomic E-state index is 12.5. The SMILES string of the molecule is COc1ccc(OC(CC(N)OC(=O)/C=C\C(=O)OC(N)CC(Oc2ccc(OC)cc2)c2ccccc2)c2ccccc2)cc1. The van der Waals surface area contributed by atoms with Gasteiger partial charge in [-0.25, -0.2) is 9.59 Å². The van der Waals surface area contributed by atoms with Gasteiger partial charge >= 0.3 is 11.9 Å². The fraction of sp³-hybridized carbons (Fsp3) is 0.222. The zero-order valence-electron chi connectivity index (χ0n) is 25.7. The van der Waals surface area contributed by atoms with Crippen molar-refractivity contribution in [2.24, 2.45) is 11.5 Å². The Balaban J connectivity index is 1.30. The van der Waals surface area contributed by atoms with Crippen LogP contribution in [0, 0.1) is 0 Å². The Kier molecular flexibility index (Phi) is 12.6. The molecule has 0 saturated heterocycles. The minimum absolute atomic E-state index is 0.153. The van der Waals surface area contributed by atoms with E-state index in [1.165, 1.54) is 0 Å². The number of carbonyl (C=O) groups excluding carboxylic acids is 2. The van der Waals surface area contributed by atoms with Crippen molar-refractivity contribution < 1.29 is 38.0 Å². The van der Waals surface area contributed by atoms with Gasteiger partial charge < -0.3 is 28.4 Å². The van der Waals surface area contributed by atoms with Crippen molar-refractivity contribution in [2.75, 3.05) is 14.2 Å². The lowest BCUT2D eigenvalue weighted by atomic mass is 10.1. The summed E-state index contributed by atoms with van der Waals surface area (Å²) >= 11 is 0. The normalized spacial score (nSPS) is 13.6. The highest BCUT2D eigenvalue weighted by molar-refractivity contribution is 5.91. The van der Waals surface area contributed by atoms with Crippen LogP contribution in [0.2, 0.25) is 0 Å². The van der Waals surface area contributed by atoms with Gasteiger partial charge in [-0.15, -0.1) is 0 Å². The molecule has 240 valence electrons. The number of rotatable bonds is 16. The number of ether oxygens (including phenoxy) is 6. The molecule has 0 radical (unpaired) electrons. The first-order valence-electron chi connectivity index (χ1n) is 14.6. The van der Waals surface area contributed by atoms with Gasteiger partial charge in [0.1, 0.15) is 35.2 Å². The second-order valence-electron chi connectivity index (χ2n) is 10.1. The first-order chi connectivity index (χ1) is 22.3. The van der Waals surface area contributed by atoms with E-state index in [0.29, 0.717) is 23.0 Å². The molecule has 0 saturated carbocycles. The zero-order valence-corrected chi connectivity index (χ0v) is 25.7. The Bertz CT molecular complexity index is 1410. The Labute approximate surface area is 268 Å². The molecular formula is C36H38N2O8. The van der Waals surface area contributed by atoms with Gasteiger partial charge in [0.2, 0.25) is 0 Å². The van der Waals surface area contributed by atoms with Crippen LogP contribution in [-0.2, 0) is 19.1 Å². The topological polar surface area (TPSA) is 142 Å². The average molecular weight is 627 g/mol. The van der Waals surface area contributed by atoms with Gasteiger partial charge in [-0.1, -0.05) is 60.7 Å². The van der Waals surface area contributed by atoms with E-state index in [4.69, 9.17) is 39.9 Å². The van der Waals surface area contributed by atoms with Crippen LogP contribution >= 0.6 is 0 Å². The van der Waals surface area contributed by atoms with Gasteiger partial charge in [-0.2, -0.15) is 0 Å². The van der Waals surface area contributed by atoms with E-state index in [1.807, 2.05) is 60.7 Å². The molecule has 4 unspecified atom stereocenters. The van der Waals surface area contributed by atoms with Crippen LogP contribution in [0.15, 0.2) is 121 Å². The molecule has 10 nitrogen and oxygen atoms in total. The maximum Gasteiger partial charge on any atom is 0.332 e. The highest BCUT2D eigenvalue weighted by atomic mass is 16.6. The van der Waals surface area contributed by atoms with Crippen molar-refractivity contribution in [1.82, 2.24) is 0 Å². The largest absolute Gasteiger partial charge is 0.497 e. The summed E-state index contributed by atoms with van der Waals surface area (Å²) in [6, 6.07) is 33.1. The summed E-state index contributed by atoms with van der Waals surface area (Å²) in [4.78, 5) is 25.0. The third-order valence-corrected chi connectivity index (χ3v) is 6.80. The van der Waals surface area contributed by atoms with Gasteiger partial charge in [0.15, 0.2) is 12.5 Å². The first-order valence-corrected chi connectivity index (χ1v) is 14.6. The summed E-state index contributed by atoms with van der Waals surface area (Å²) in [5.41, 5.74) is 14.0. The Morgan fingerprint density at radius 1 is 0.543 bits per heavy atom. The molecule has 0 aromatic heterocycles. The molecule has 0 aliphatic carbocycles. The summed E-state index contributed by atoms with van der Waals surface area (Å²) in [6.07, 6.45) is -0.885. The Morgan fingerprint density at radius 3 is 1.20 bits per heavy atom. The highest BCUT2D eigenvalue weighted by Crippen LogP contribution is 2.29. The molecule has 0 fully saturated rings. The smallest absolute Gasteiger partial charge is 0.332 e. The van der Waals surface area contributed by atoms with Crippen LogP contribution in [-0.4, -0.2) is 38.6 Å². The van der Waals surface area contributed by atoms with Crippen LogP contribution in [0.4, 0.5) is 0 Å². The van der Waals surface area contributed by atoms with Crippen LogP contribution in [0.1, 0.15) is 36.2 Å². The molecule has 46 heavy (non-hydrogen) atoms. The van der Waals surface area contributed by atoms with Crippen molar-refractivity contribution in [1.29, 1.82) is 0 Å². The minimum Gasteiger partial charge on any atom is -0.497 e. The van der Waals surface area contributed by atoms with Gasteiger partial charge in [0.25, 0.3) is 0 Å². The summed E-state index contributed by atoms with van der Waals surface area (Å²) in [6.45, 7) is 0. The molecule has 0 aliphatic rings. The fourth-order valence-corrected chi connectivity index (χ4v) is 4.51. The molecule has 0 bridgehead atoms. The number of carbonyl (C=O) groups is 2. The Morgan fingerprint density at radius 2 is 0.870 bits per heavy atom. The third kappa shape index (κ3) is 10.7. The van der Waals surface area contributed by atoms with Crippen molar-refractivity contribution in [2.45, 2.75) is 37.5 Å². The lowest BCUT2D eigenvalue weighted by molar-refractivity contribution is -0.146. The average Bonchev–Trinajstić information content (AvgIpc) is 3.08. The van der Waals surface area contributed by atoms with E-state index in [0.717, 1.165) is 23.3 Å². The molecule has 0 spiro atoms. The highest BCUT2D eigenvalue weighted by Gasteiger charge is 2.22. The first kappa shape index (κ1) is 33.6. The monoisotopic (exact) mass is 626 g/mol. The van der Waals surface area contributed by atoms with Crippen molar-refractivity contribution >= 4 is 11.9 Å². The van der Waals surface area contributed by atoms with Gasteiger partial charge in [0, 0.05) is 25.0 Å². The number of benzene rings is 4. The number of nitrogens with two attached hydrogens (primary N) is 2. The molecule has 4 aromatic carbocycles.